The van der Waals surface area contributed by atoms with Gasteiger partial charge in [0, 0.05) is 0 Å². The molecule has 0 saturated carbocycles. The van der Waals surface area contributed by atoms with Gasteiger partial charge in [0.2, 0.25) is 0 Å². The predicted octanol–water partition coefficient (Wildman–Crippen LogP) is 2.20. The van der Waals surface area contributed by atoms with Gasteiger partial charge < -0.3 is 14.5 Å². The number of para-hydroxylation sites is 1. The quantitative estimate of drug-likeness (QED) is 0.669. The fourth-order valence-electron chi connectivity index (χ4n) is 1.93. The van der Waals surface area contributed by atoms with Gasteiger partial charge in [0.1, 0.15) is 0 Å². The van der Waals surface area contributed by atoms with Crippen molar-refractivity contribution >= 4 is 17.6 Å². The van der Waals surface area contributed by atoms with Crippen molar-refractivity contribution in [1.82, 2.24) is 0 Å². The summed E-state index contributed by atoms with van der Waals surface area (Å²) in [5.41, 5.74) is 1.73. The molecule has 0 fully saturated rings. The molecule has 116 valence electrons. The van der Waals surface area contributed by atoms with Gasteiger partial charge in [-0.2, -0.15) is 0 Å². The van der Waals surface area contributed by atoms with Crippen LogP contribution in [0.25, 0.3) is 0 Å². The van der Waals surface area contributed by atoms with E-state index in [0.717, 1.165) is 12.1 Å². The molecule has 0 aliphatic rings. The van der Waals surface area contributed by atoms with E-state index in [1.165, 1.54) is 7.11 Å². The van der Waals surface area contributed by atoms with Gasteiger partial charge >= 0.3 is 5.97 Å². The lowest BCUT2D eigenvalue weighted by atomic mass is 10.1. The van der Waals surface area contributed by atoms with Crippen LogP contribution in [0.2, 0.25) is 0 Å². The Morgan fingerprint density at radius 3 is 2.48 bits per heavy atom. The van der Waals surface area contributed by atoms with Gasteiger partial charge in [-0.05, 0) is 32.4 Å². The number of benzene rings is 1. The first-order valence-corrected chi connectivity index (χ1v) is 7.06. The van der Waals surface area contributed by atoms with Gasteiger partial charge in [-0.1, -0.05) is 12.1 Å². The van der Waals surface area contributed by atoms with Crippen LogP contribution >= 0.6 is 0 Å². The highest BCUT2D eigenvalue weighted by molar-refractivity contribution is 6.03. The number of carbonyl (C=O) groups excluding carboxylic acids is 2. The lowest BCUT2D eigenvalue weighted by molar-refractivity contribution is -0.902. The van der Waals surface area contributed by atoms with Crippen LogP contribution in [0.1, 0.15) is 29.8 Å². The van der Waals surface area contributed by atoms with Gasteiger partial charge in [0.25, 0.3) is 5.91 Å². The molecule has 1 aromatic carbocycles. The summed E-state index contributed by atoms with van der Waals surface area (Å²) in [6.45, 7) is 6.62. The fourth-order valence-corrected chi connectivity index (χ4v) is 1.93. The van der Waals surface area contributed by atoms with Crippen LogP contribution in [0, 0.1) is 6.92 Å². The zero-order valence-corrected chi connectivity index (χ0v) is 13.7. The Balaban J connectivity index is 3.08. The molecular formula is C16H25N2O3+. The van der Waals surface area contributed by atoms with E-state index >= 15 is 0 Å². The number of carbonyl (C=O) groups is 2. The van der Waals surface area contributed by atoms with Crippen molar-refractivity contribution < 1.29 is 18.8 Å². The summed E-state index contributed by atoms with van der Waals surface area (Å²) in [6, 6.07) is 5.05. The number of anilines is 1. The summed E-state index contributed by atoms with van der Waals surface area (Å²) >= 11 is 0. The second-order valence-corrected chi connectivity index (χ2v) is 5.75. The van der Waals surface area contributed by atoms with E-state index in [0.29, 0.717) is 15.7 Å². The zero-order valence-electron chi connectivity index (χ0n) is 13.7. The Morgan fingerprint density at radius 1 is 1.33 bits per heavy atom. The molecule has 1 amide bonds. The molecule has 0 aromatic heterocycles. The number of hydrogen-bond donors (Lipinski definition) is 1. The second kappa shape index (κ2) is 6.72. The molecule has 0 bridgehead atoms. The topological polar surface area (TPSA) is 55.4 Å². The van der Waals surface area contributed by atoms with Gasteiger partial charge in [-0.15, -0.1) is 0 Å². The first-order valence-electron chi connectivity index (χ1n) is 7.06. The van der Waals surface area contributed by atoms with Crippen molar-refractivity contribution in [1.29, 1.82) is 0 Å². The number of hydrogen-bond acceptors (Lipinski definition) is 3. The average molecular weight is 293 g/mol. The van der Waals surface area contributed by atoms with Crippen LogP contribution < -0.4 is 5.32 Å². The van der Waals surface area contributed by atoms with Gasteiger partial charge in [0.05, 0.1) is 39.0 Å². The van der Waals surface area contributed by atoms with E-state index in [4.69, 9.17) is 4.74 Å². The summed E-state index contributed by atoms with van der Waals surface area (Å²) in [5, 5.41) is 2.88. The van der Waals surface area contributed by atoms with Gasteiger partial charge in [-0.25, -0.2) is 4.79 Å². The van der Waals surface area contributed by atoms with Crippen LogP contribution in [0.4, 0.5) is 5.69 Å². The number of amides is 1. The SMILES string of the molecule is CC[N+](C)(C)C(C)C(=O)Nc1c(C)cccc1C(=O)OC. The van der Waals surface area contributed by atoms with E-state index in [1.54, 1.807) is 12.1 Å². The predicted molar refractivity (Wildman–Crippen MR) is 83.3 cm³/mol. The number of methoxy groups -OCH3 is 1. The number of ether oxygens (including phenoxy) is 1. The minimum atomic E-state index is -0.453. The van der Waals surface area contributed by atoms with Crippen LogP contribution in [-0.4, -0.2) is 50.2 Å². The molecule has 21 heavy (non-hydrogen) atoms. The lowest BCUT2D eigenvalue weighted by Gasteiger charge is -2.34. The Labute approximate surface area is 126 Å². The molecule has 5 nitrogen and oxygen atoms in total. The molecule has 0 heterocycles. The number of rotatable bonds is 5. The maximum Gasteiger partial charge on any atom is 0.339 e. The minimum absolute atomic E-state index is 0.110. The van der Waals surface area contributed by atoms with Crippen molar-refractivity contribution in [2.75, 3.05) is 33.1 Å². The number of aryl methyl sites for hydroxylation is 1. The average Bonchev–Trinajstić information content (AvgIpc) is 2.47. The van der Waals surface area contributed by atoms with Crippen molar-refractivity contribution in [3.63, 3.8) is 0 Å². The minimum Gasteiger partial charge on any atom is -0.465 e. The molecule has 1 rings (SSSR count). The lowest BCUT2D eigenvalue weighted by Crippen LogP contribution is -2.52. The highest BCUT2D eigenvalue weighted by atomic mass is 16.5. The van der Waals surface area contributed by atoms with Crippen molar-refractivity contribution in [3.8, 4) is 0 Å². The molecule has 0 saturated heterocycles. The maximum absolute atomic E-state index is 12.5. The molecule has 0 radical (unpaired) electrons. The highest BCUT2D eigenvalue weighted by Gasteiger charge is 2.30. The number of esters is 1. The third kappa shape index (κ3) is 3.82. The van der Waals surface area contributed by atoms with Crippen molar-refractivity contribution in [3.05, 3.63) is 29.3 Å². The first-order chi connectivity index (χ1) is 9.74. The third-order valence-corrected chi connectivity index (χ3v) is 4.17. The summed E-state index contributed by atoms with van der Waals surface area (Å²) in [6.07, 6.45) is 0. The zero-order chi connectivity index (χ0) is 16.2. The number of nitrogens with zero attached hydrogens (tertiary/aromatic N) is 1. The van der Waals surface area contributed by atoms with Crippen LogP contribution in [0.15, 0.2) is 18.2 Å². The van der Waals surface area contributed by atoms with Crippen LogP contribution in [-0.2, 0) is 9.53 Å². The maximum atomic E-state index is 12.5. The van der Waals surface area contributed by atoms with Crippen molar-refractivity contribution in [2.24, 2.45) is 0 Å². The highest BCUT2D eigenvalue weighted by Crippen LogP contribution is 2.22. The Morgan fingerprint density at radius 2 is 1.95 bits per heavy atom. The fraction of sp³-hybridized carbons (Fsp3) is 0.500. The summed E-state index contributed by atoms with van der Waals surface area (Å²) in [7, 11) is 5.34. The number of nitrogens with one attached hydrogen (secondary N) is 1. The third-order valence-electron chi connectivity index (χ3n) is 4.17. The summed E-state index contributed by atoms with van der Waals surface area (Å²) in [5.74, 6) is -0.563. The van der Waals surface area contributed by atoms with Gasteiger partial charge in [-0.3, -0.25) is 4.79 Å². The molecule has 0 spiro atoms. The van der Waals surface area contributed by atoms with Gasteiger partial charge in [0.15, 0.2) is 6.04 Å². The van der Waals surface area contributed by atoms with Crippen molar-refractivity contribution in [2.45, 2.75) is 26.8 Å². The molecule has 5 heteroatoms. The molecule has 1 atom stereocenters. The number of likely N-dealkylation sites (N-methyl/N-ethyl adjacent to an activating group) is 1. The molecule has 1 aromatic rings. The molecule has 1 unspecified atom stereocenters. The van der Waals surface area contributed by atoms with E-state index in [2.05, 4.69) is 5.32 Å². The summed E-state index contributed by atoms with van der Waals surface area (Å²) in [4.78, 5) is 24.3. The van der Waals surface area contributed by atoms with Crippen LogP contribution in [0.3, 0.4) is 0 Å². The van der Waals surface area contributed by atoms with E-state index in [9.17, 15) is 9.59 Å². The molecule has 0 aliphatic heterocycles. The Bertz CT molecular complexity index is 538. The monoisotopic (exact) mass is 293 g/mol. The van der Waals surface area contributed by atoms with Crippen LogP contribution in [0.5, 0.6) is 0 Å². The summed E-state index contributed by atoms with van der Waals surface area (Å²) < 4.78 is 5.34. The van der Waals surface area contributed by atoms with E-state index < -0.39 is 5.97 Å². The molecular weight excluding hydrogens is 268 g/mol. The smallest absolute Gasteiger partial charge is 0.339 e. The molecule has 0 aliphatic carbocycles. The Kier molecular flexibility index (Phi) is 5.49. The second-order valence-electron chi connectivity index (χ2n) is 5.75. The normalized spacial score (nSPS) is 12.7. The first kappa shape index (κ1) is 17.2. The Hall–Kier alpha value is -1.88. The molecule has 1 N–H and O–H groups in total. The number of quaternary nitrogens is 1. The van der Waals surface area contributed by atoms with E-state index in [1.807, 2.05) is 40.9 Å². The standard InChI is InChI=1S/C16H24N2O3/c1-7-18(4,5)12(3)15(19)17-14-11(2)9-8-10-13(14)16(20)21-6/h8-10,12H,7H2,1-6H3/p+1. The largest absolute Gasteiger partial charge is 0.465 e. The van der Waals surface area contributed by atoms with E-state index in [-0.39, 0.29) is 11.9 Å².